The number of hydrogen-bond donors (Lipinski definition) is 2. The Morgan fingerprint density at radius 3 is 2.35 bits per heavy atom. The van der Waals surface area contributed by atoms with Crippen LogP contribution in [0.3, 0.4) is 0 Å². The summed E-state index contributed by atoms with van der Waals surface area (Å²) < 4.78 is 66.4. The lowest BCUT2D eigenvalue weighted by molar-refractivity contribution is -0.134. The largest absolute Gasteiger partial charge is 0.451 e. The minimum atomic E-state index is -4.64. The van der Waals surface area contributed by atoms with E-state index in [1.165, 1.54) is 29.7 Å². The molecule has 1 atom stereocenters. The molecular formula is C20H20ClF2N3O7S. The third kappa shape index (κ3) is 5.38. The molecule has 2 N–H and O–H groups in total. The predicted molar refractivity (Wildman–Crippen MR) is 114 cm³/mol. The first-order valence-corrected chi connectivity index (χ1v) is 11.7. The molecule has 0 saturated carbocycles. The molecule has 1 aliphatic rings. The van der Waals surface area contributed by atoms with Gasteiger partial charge in [0.25, 0.3) is 5.91 Å². The van der Waals surface area contributed by atoms with Gasteiger partial charge < -0.3 is 14.4 Å². The van der Waals surface area contributed by atoms with E-state index in [1.54, 1.807) is 6.92 Å². The summed E-state index contributed by atoms with van der Waals surface area (Å²) in [5.74, 6) is -4.52. The van der Waals surface area contributed by atoms with Crippen LogP contribution >= 0.6 is 11.6 Å². The van der Waals surface area contributed by atoms with Crippen LogP contribution in [-0.2, 0) is 19.6 Å². The number of ether oxygens (including phenoxy) is 2. The summed E-state index contributed by atoms with van der Waals surface area (Å²) in [6.07, 6.45) is -0.781. The van der Waals surface area contributed by atoms with Gasteiger partial charge in [0.2, 0.25) is 10.0 Å². The monoisotopic (exact) mass is 519 g/mol. The van der Waals surface area contributed by atoms with E-state index in [9.17, 15) is 26.8 Å². The van der Waals surface area contributed by atoms with Gasteiger partial charge in [0, 0.05) is 24.7 Å². The number of rotatable bonds is 6. The highest BCUT2D eigenvalue weighted by molar-refractivity contribution is 7.89. The number of carbonyl (C=O) groups is 2. The molecule has 0 aliphatic carbocycles. The predicted octanol–water partition coefficient (Wildman–Crippen LogP) is 2.75. The van der Waals surface area contributed by atoms with Gasteiger partial charge in [0.15, 0.2) is 17.4 Å². The SMILES string of the molecule is CCOC(=O)N1CCN(S(=O)(=O)c2cc(F)c(Oc3ccc(Cl)cc3)c(F)c2)[C@H](C(=O)NO)C1. The second kappa shape index (κ2) is 10.5. The van der Waals surface area contributed by atoms with Crippen molar-refractivity contribution in [3.8, 4) is 11.5 Å². The number of sulfonamides is 1. The number of benzene rings is 2. The van der Waals surface area contributed by atoms with E-state index in [2.05, 4.69) is 0 Å². The van der Waals surface area contributed by atoms with E-state index in [4.69, 9.17) is 26.3 Å². The van der Waals surface area contributed by atoms with E-state index in [0.717, 1.165) is 4.90 Å². The van der Waals surface area contributed by atoms with Gasteiger partial charge in [-0.2, -0.15) is 4.31 Å². The summed E-state index contributed by atoms with van der Waals surface area (Å²) >= 11 is 5.76. The summed E-state index contributed by atoms with van der Waals surface area (Å²) in [6.45, 7) is 0.617. The smallest absolute Gasteiger partial charge is 0.409 e. The fraction of sp³-hybridized carbons (Fsp3) is 0.300. The Hall–Kier alpha value is -3.00. The van der Waals surface area contributed by atoms with E-state index in [-0.39, 0.29) is 18.9 Å². The van der Waals surface area contributed by atoms with Gasteiger partial charge in [-0.25, -0.2) is 27.5 Å². The normalized spacial score (nSPS) is 16.7. The Kier molecular flexibility index (Phi) is 7.92. The summed E-state index contributed by atoms with van der Waals surface area (Å²) in [7, 11) is -4.64. The maximum Gasteiger partial charge on any atom is 0.409 e. The molecule has 0 unspecified atom stereocenters. The molecule has 1 saturated heterocycles. The van der Waals surface area contributed by atoms with Gasteiger partial charge in [-0.15, -0.1) is 0 Å². The molecule has 2 aromatic rings. The number of hydroxylamine groups is 1. The summed E-state index contributed by atoms with van der Waals surface area (Å²) in [6, 6.07) is 5.14. The molecular weight excluding hydrogens is 500 g/mol. The third-order valence-corrected chi connectivity index (χ3v) is 7.02. The fourth-order valence-electron chi connectivity index (χ4n) is 3.26. The van der Waals surface area contributed by atoms with Crippen LogP contribution in [0.2, 0.25) is 5.02 Å². The molecule has 0 aromatic heterocycles. The van der Waals surface area contributed by atoms with Crippen molar-refractivity contribution < 1.29 is 41.5 Å². The Morgan fingerprint density at radius 2 is 1.79 bits per heavy atom. The van der Waals surface area contributed by atoms with Crippen LogP contribution in [0.4, 0.5) is 13.6 Å². The molecule has 0 spiro atoms. The van der Waals surface area contributed by atoms with Crippen LogP contribution in [0.5, 0.6) is 11.5 Å². The van der Waals surface area contributed by atoms with Crippen molar-refractivity contribution >= 4 is 33.6 Å². The van der Waals surface area contributed by atoms with Crippen LogP contribution in [0.25, 0.3) is 0 Å². The molecule has 3 rings (SSSR count). The first-order valence-electron chi connectivity index (χ1n) is 9.88. The molecule has 0 radical (unpaired) electrons. The van der Waals surface area contributed by atoms with Crippen LogP contribution in [0, 0.1) is 11.6 Å². The number of halogens is 3. The van der Waals surface area contributed by atoms with Gasteiger partial charge in [0.1, 0.15) is 11.8 Å². The van der Waals surface area contributed by atoms with Crippen molar-refractivity contribution in [2.24, 2.45) is 0 Å². The lowest BCUT2D eigenvalue weighted by atomic mass is 10.2. The molecule has 1 fully saturated rings. The van der Waals surface area contributed by atoms with E-state index >= 15 is 0 Å². The van der Waals surface area contributed by atoms with E-state index < -0.39 is 63.4 Å². The first-order chi connectivity index (χ1) is 16.1. The zero-order valence-electron chi connectivity index (χ0n) is 17.7. The molecule has 2 aromatic carbocycles. The van der Waals surface area contributed by atoms with E-state index in [0.29, 0.717) is 21.5 Å². The summed E-state index contributed by atoms with van der Waals surface area (Å²) in [5, 5.41) is 9.43. The Morgan fingerprint density at radius 1 is 1.18 bits per heavy atom. The molecule has 1 aliphatic heterocycles. The maximum absolute atomic E-state index is 14.7. The zero-order chi connectivity index (χ0) is 25.0. The zero-order valence-corrected chi connectivity index (χ0v) is 19.3. The van der Waals surface area contributed by atoms with E-state index in [1.807, 2.05) is 0 Å². The van der Waals surface area contributed by atoms with Crippen LogP contribution < -0.4 is 10.2 Å². The molecule has 10 nitrogen and oxygen atoms in total. The highest BCUT2D eigenvalue weighted by Gasteiger charge is 2.42. The molecule has 14 heteroatoms. The second-order valence-electron chi connectivity index (χ2n) is 7.02. The Labute approximate surface area is 198 Å². The lowest BCUT2D eigenvalue weighted by Gasteiger charge is -2.38. The number of carbonyl (C=O) groups excluding carboxylic acids is 2. The number of amides is 2. The van der Waals surface area contributed by atoms with Crippen LogP contribution in [0.15, 0.2) is 41.3 Å². The van der Waals surface area contributed by atoms with Crippen molar-refractivity contribution in [3.05, 3.63) is 53.1 Å². The van der Waals surface area contributed by atoms with Crippen molar-refractivity contribution in [1.29, 1.82) is 0 Å². The number of hydrogen-bond acceptors (Lipinski definition) is 7. The van der Waals surface area contributed by atoms with Crippen LogP contribution in [0.1, 0.15) is 6.92 Å². The number of nitrogens with zero attached hydrogens (tertiary/aromatic N) is 2. The molecule has 34 heavy (non-hydrogen) atoms. The molecule has 2 amide bonds. The Bertz CT molecular complexity index is 1160. The van der Waals surface area contributed by atoms with Gasteiger partial charge in [-0.05, 0) is 43.3 Å². The van der Waals surface area contributed by atoms with Gasteiger partial charge in [0.05, 0.1) is 11.5 Å². The Balaban J connectivity index is 1.91. The average Bonchev–Trinajstić information content (AvgIpc) is 2.81. The van der Waals surface area contributed by atoms with Gasteiger partial charge >= 0.3 is 6.09 Å². The highest BCUT2D eigenvalue weighted by atomic mass is 35.5. The molecule has 1 heterocycles. The standard InChI is InChI=1S/C20H20ClF2N3O7S/c1-2-32-20(28)25-7-8-26(17(11-25)19(27)24-29)34(30,31)14-9-15(22)18(16(23)10-14)33-13-5-3-12(21)4-6-13/h3-6,9-10,17,29H,2,7-8,11H2,1H3,(H,24,27)/t17-/m0/s1. The maximum atomic E-state index is 14.7. The lowest BCUT2D eigenvalue weighted by Crippen LogP contribution is -2.61. The topological polar surface area (TPSA) is 125 Å². The third-order valence-electron chi connectivity index (χ3n) is 4.88. The summed E-state index contributed by atoms with van der Waals surface area (Å²) in [4.78, 5) is 24.5. The first kappa shape index (κ1) is 25.6. The average molecular weight is 520 g/mol. The van der Waals surface area contributed by atoms with Crippen LogP contribution in [-0.4, -0.2) is 67.1 Å². The minimum Gasteiger partial charge on any atom is -0.451 e. The quantitative estimate of drug-likeness (QED) is 0.444. The highest BCUT2D eigenvalue weighted by Crippen LogP contribution is 2.32. The number of nitrogens with one attached hydrogen (secondary N) is 1. The van der Waals surface area contributed by atoms with Crippen molar-refractivity contribution in [2.45, 2.75) is 17.9 Å². The number of piperazine rings is 1. The van der Waals surface area contributed by atoms with Gasteiger partial charge in [-0.3, -0.25) is 10.0 Å². The second-order valence-corrected chi connectivity index (χ2v) is 9.35. The summed E-state index contributed by atoms with van der Waals surface area (Å²) in [5.41, 5.74) is 1.34. The van der Waals surface area contributed by atoms with Crippen molar-refractivity contribution in [3.63, 3.8) is 0 Å². The van der Waals surface area contributed by atoms with Crippen molar-refractivity contribution in [1.82, 2.24) is 14.7 Å². The minimum absolute atomic E-state index is 0.0528. The van der Waals surface area contributed by atoms with Gasteiger partial charge in [-0.1, -0.05) is 11.6 Å². The molecule has 0 bridgehead atoms. The van der Waals surface area contributed by atoms with Crippen molar-refractivity contribution in [2.75, 3.05) is 26.2 Å². The fourth-order valence-corrected chi connectivity index (χ4v) is 4.98. The molecule has 184 valence electrons.